The summed E-state index contributed by atoms with van der Waals surface area (Å²) in [6.07, 6.45) is 3.56. The van der Waals surface area contributed by atoms with Crippen LogP contribution in [-0.4, -0.2) is 18.1 Å². The summed E-state index contributed by atoms with van der Waals surface area (Å²) >= 11 is 0. The van der Waals surface area contributed by atoms with Gasteiger partial charge in [-0.3, -0.25) is 11.3 Å². The molecule has 20 heavy (non-hydrogen) atoms. The van der Waals surface area contributed by atoms with E-state index in [1.165, 1.54) is 11.1 Å². The van der Waals surface area contributed by atoms with E-state index in [1.807, 2.05) is 18.3 Å². The van der Waals surface area contributed by atoms with E-state index in [-0.39, 0.29) is 6.04 Å². The summed E-state index contributed by atoms with van der Waals surface area (Å²) < 4.78 is 5.06. The smallest absolute Gasteiger partial charge is 0.212 e. The number of rotatable bonds is 6. The van der Waals surface area contributed by atoms with Crippen LogP contribution < -0.4 is 16.0 Å². The molecule has 0 saturated carbocycles. The average molecular weight is 271 g/mol. The Morgan fingerprint density at radius 2 is 2.00 bits per heavy atom. The third kappa shape index (κ3) is 4.05. The number of pyridine rings is 1. The van der Waals surface area contributed by atoms with Crippen LogP contribution in [0.1, 0.15) is 16.7 Å². The van der Waals surface area contributed by atoms with Crippen molar-refractivity contribution < 1.29 is 4.74 Å². The molecule has 0 bridgehead atoms. The molecule has 1 heterocycles. The number of ether oxygens (including phenoxy) is 1. The van der Waals surface area contributed by atoms with Crippen molar-refractivity contribution >= 4 is 0 Å². The first kappa shape index (κ1) is 14.5. The number of hydrogen-bond acceptors (Lipinski definition) is 4. The Hall–Kier alpha value is -1.91. The van der Waals surface area contributed by atoms with Crippen LogP contribution in [0.25, 0.3) is 0 Å². The van der Waals surface area contributed by atoms with E-state index in [4.69, 9.17) is 10.6 Å². The summed E-state index contributed by atoms with van der Waals surface area (Å²) in [6, 6.07) is 12.6. The molecule has 0 amide bonds. The summed E-state index contributed by atoms with van der Waals surface area (Å²) in [7, 11) is 1.62. The third-order valence-electron chi connectivity index (χ3n) is 3.29. The fraction of sp³-hybridized carbons (Fsp3) is 0.312. The van der Waals surface area contributed by atoms with Crippen LogP contribution in [-0.2, 0) is 12.8 Å². The molecule has 0 aliphatic heterocycles. The van der Waals surface area contributed by atoms with Gasteiger partial charge in [0.2, 0.25) is 5.88 Å². The molecule has 0 aliphatic rings. The Bertz CT molecular complexity index is 540. The largest absolute Gasteiger partial charge is 0.481 e. The van der Waals surface area contributed by atoms with Gasteiger partial charge < -0.3 is 4.74 Å². The Balaban J connectivity index is 2.01. The van der Waals surface area contributed by atoms with E-state index in [0.717, 1.165) is 18.4 Å². The van der Waals surface area contributed by atoms with Gasteiger partial charge in [-0.05, 0) is 30.9 Å². The number of aromatic nitrogens is 1. The standard InChI is InChI=1S/C16H21N3O/c1-12-4-3-5-13(8-12)9-15(19-17)10-14-6-7-16(20-2)18-11-14/h3-8,11,15,19H,9-10,17H2,1-2H3. The van der Waals surface area contributed by atoms with Crippen molar-refractivity contribution in [1.82, 2.24) is 10.4 Å². The lowest BCUT2D eigenvalue weighted by molar-refractivity contribution is 0.397. The molecule has 0 aliphatic carbocycles. The molecule has 1 aromatic heterocycles. The molecule has 0 spiro atoms. The monoisotopic (exact) mass is 271 g/mol. The fourth-order valence-corrected chi connectivity index (χ4v) is 2.25. The van der Waals surface area contributed by atoms with Crippen molar-refractivity contribution in [2.45, 2.75) is 25.8 Å². The van der Waals surface area contributed by atoms with Crippen molar-refractivity contribution in [2.24, 2.45) is 5.84 Å². The number of hydrogen-bond donors (Lipinski definition) is 2. The van der Waals surface area contributed by atoms with E-state index in [1.54, 1.807) is 7.11 Å². The van der Waals surface area contributed by atoms with Crippen LogP contribution in [0.3, 0.4) is 0 Å². The lowest BCUT2D eigenvalue weighted by Crippen LogP contribution is -2.38. The maximum Gasteiger partial charge on any atom is 0.212 e. The maximum atomic E-state index is 5.67. The van der Waals surface area contributed by atoms with Crippen LogP contribution in [0.15, 0.2) is 42.6 Å². The minimum atomic E-state index is 0.187. The normalized spacial score (nSPS) is 12.2. The zero-order valence-electron chi connectivity index (χ0n) is 12.0. The molecule has 2 aromatic rings. The van der Waals surface area contributed by atoms with Gasteiger partial charge in [-0.15, -0.1) is 0 Å². The van der Waals surface area contributed by atoms with Crippen LogP contribution in [0, 0.1) is 6.92 Å². The van der Waals surface area contributed by atoms with Gasteiger partial charge in [0, 0.05) is 18.3 Å². The number of methoxy groups -OCH3 is 1. The minimum Gasteiger partial charge on any atom is -0.481 e. The summed E-state index contributed by atoms with van der Waals surface area (Å²) in [4.78, 5) is 4.21. The Kier molecular flexibility index (Phi) is 5.09. The second kappa shape index (κ2) is 7.03. The maximum absolute atomic E-state index is 5.67. The van der Waals surface area contributed by atoms with Crippen LogP contribution in [0.4, 0.5) is 0 Å². The number of benzene rings is 1. The number of aryl methyl sites for hydroxylation is 1. The van der Waals surface area contributed by atoms with Gasteiger partial charge in [-0.2, -0.15) is 0 Å². The van der Waals surface area contributed by atoms with Gasteiger partial charge in [-0.1, -0.05) is 35.9 Å². The van der Waals surface area contributed by atoms with E-state index in [2.05, 4.69) is 41.6 Å². The summed E-state index contributed by atoms with van der Waals surface area (Å²) in [5.41, 5.74) is 6.58. The van der Waals surface area contributed by atoms with Gasteiger partial charge in [-0.25, -0.2) is 4.98 Å². The van der Waals surface area contributed by atoms with Crippen molar-refractivity contribution in [2.75, 3.05) is 7.11 Å². The number of nitrogens with one attached hydrogen (secondary N) is 1. The Morgan fingerprint density at radius 3 is 2.60 bits per heavy atom. The molecule has 0 fully saturated rings. The zero-order chi connectivity index (χ0) is 14.4. The van der Waals surface area contributed by atoms with Crippen molar-refractivity contribution in [3.8, 4) is 5.88 Å². The highest BCUT2D eigenvalue weighted by Crippen LogP contribution is 2.12. The van der Waals surface area contributed by atoms with Crippen LogP contribution in [0.2, 0.25) is 0 Å². The quantitative estimate of drug-likeness (QED) is 0.623. The lowest BCUT2D eigenvalue weighted by Gasteiger charge is -2.16. The van der Waals surface area contributed by atoms with Crippen molar-refractivity contribution in [3.05, 3.63) is 59.3 Å². The summed E-state index contributed by atoms with van der Waals surface area (Å²) in [6.45, 7) is 2.10. The topological polar surface area (TPSA) is 60.2 Å². The highest BCUT2D eigenvalue weighted by Gasteiger charge is 2.09. The number of nitrogens with two attached hydrogens (primary N) is 1. The molecule has 0 saturated heterocycles. The van der Waals surface area contributed by atoms with E-state index < -0.39 is 0 Å². The van der Waals surface area contributed by atoms with Crippen molar-refractivity contribution in [3.63, 3.8) is 0 Å². The third-order valence-corrected chi connectivity index (χ3v) is 3.29. The van der Waals surface area contributed by atoms with Gasteiger partial charge in [0.15, 0.2) is 0 Å². The van der Waals surface area contributed by atoms with E-state index in [0.29, 0.717) is 5.88 Å². The van der Waals surface area contributed by atoms with Crippen LogP contribution >= 0.6 is 0 Å². The summed E-state index contributed by atoms with van der Waals surface area (Å²) in [5.74, 6) is 6.30. The van der Waals surface area contributed by atoms with Gasteiger partial charge >= 0.3 is 0 Å². The molecular weight excluding hydrogens is 250 g/mol. The van der Waals surface area contributed by atoms with E-state index in [9.17, 15) is 0 Å². The molecule has 4 heteroatoms. The first-order valence-corrected chi connectivity index (χ1v) is 6.72. The molecule has 1 unspecified atom stereocenters. The molecule has 0 radical (unpaired) electrons. The molecular formula is C16H21N3O. The molecule has 1 atom stereocenters. The number of nitrogens with zero attached hydrogens (tertiary/aromatic N) is 1. The van der Waals surface area contributed by atoms with Crippen molar-refractivity contribution in [1.29, 1.82) is 0 Å². The Labute approximate surface area is 120 Å². The molecule has 2 rings (SSSR count). The summed E-state index contributed by atoms with van der Waals surface area (Å²) in [5, 5.41) is 0. The molecule has 4 nitrogen and oxygen atoms in total. The highest BCUT2D eigenvalue weighted by atomic mass is 16.5. The zero-order valence-corrected chi connectivity index (χ0v) is 12.0. The SMILES string of the molecule is COc1ccc(CC(Cc2cccc(C)c2)NN)cn1. The predicted molar refractivity (Wildman–Crippen MR) is 80.5 cm³/mol. The fourth-order valence-electron chi connectivity index (χ4n) is 2.25. The lowest BCUT2D eigenvalue weighted by atomic mass is 9.99. The second-order valence-corrected chi connectivity index (χ2v) is 4.97. The minimum absolute atomic E-state index is 0.187. The molecule has 106 valence electrons. The average Bonchev–Trinajstić information content (AvgIpc) is 2.47. The number of hydrazine groups is 1. The van der Waals surface area contributed by atoms with Gasteiger partial charge in [0.25, 0.3) is 0 Å². The Morgan fingerprint density at radius 1 is 1.20 bits per heavy atom. The predicted octanol–water partition coefficient (Wildman–Crippen LogP) is 2.02. The highest BCUT2D eigenvalue weighted by molar-refractivity contribution is 5.24. The van der Waals surface area contributed by atoms with Gasteiger partial charge in [0.05, 0.1) is 7.11 Å². The van der Waals surface area contributed by atoms with E-state index >= 15 is 0 Å². The molecule has 3 N–H and O–H groups in total. The second-order valence-electron chi connectivity index (χ2n) is 4.97. The first-order valence-electron chi connectivity index (χ1n) is 6.72. The molecule has 1 aromatic carbocycles. The van der Waals surface area contributed by atoms with Crippen LogP contribution in [0.5, 0.6) is 5.88 Å². The van der Waals surface area contributed by atoms with Gasteiger partial charge in [0.1, 0.15) is 0 Å². The first-order chi connectivity index (χ1) is 9.71.